The summed E-state index contributed by atoms with van der Waals surface area (Å²) in [7, 11) is 3.52. The number of para-hydroxylation sites is 1. The predicted molar refractivity (Wildman–Crippen MR) is 138 cm³/mol. The van der Waals surface area contributed by atoms with Gasteiger partial charge in [0.15, 0.2) is 0 Å². The summed E-state index contributed by atoms with van der Waals surface area (Å²) >= 11 is 0. The second-order valence-electron chi connectivity index (χ2n) is 10.3. The predicted octanol–water partition coefficient (Wildman–Crippen LogP) is 3.31. The van der Waals surface area contributed by atoms with Crippen LogP contribution in [0.25, 0.3) is 10.9 Å². The number of likely N-dealkylation sites (N-methyl/N-ethyl adjacent to an activating group) is 1. The minimum absolute atomic E-state index is 0.237. The number of hydrogen-bond acceptors (Lipinski definition) is 4. The smallest absolute Gasteiger partial charge is 0.408 e. The Morgan fingerprint density at radius 3 is 2.42 bits per heavy atom. The second-order valence-corrected chi connectivity index (χ2v) is 10.3. The third-order valence-corrected chi connectivity index (χ3v) is 6.47. The van der Waals surface area contributed by atoms with E-state index in [1.807, 2.05) is 66.3 Å². The molecule has 1 aromatic heterocycles. The topological polar surface area (TPSA) is 92.7 Å². The highest BCUT2D eigenvalue weighted by Crippen LogP contribution is 2.26. The van der Waals surface area contributed by atoms with Crippen LogP contribution in [0.4, 0.5) is 4.79 Å². The van der Waals surface area contributed by atoms with E-state index >= 15 is 0 Å². The standard InChI is InChI=1S/C28H34N4O4/c1-28(2,3)36-27(35)30-22(14-20-16-31(5)23-13-9-8-12-21(20)23)26(34)32-17-19-11-7-6-10-18(19)15-24(32)25(33)29-4/h6-13,16,22,24H,14-15,17H2,1-5H3,(H,29,33)(H,30,35)/t22-,24-/m1/s1. The molecule has 8 heteroatoms. The van der Waals surface area contributed by atoms with E-state index in [1.54, 1.807) is 32.7 Å². The molecule has 2 heterocycles. The minimum Gasteiger partial charge on any atom is -0.444 e. The number of alkyl carbamates (subject to hydrolysis) is 1. The van der Waals surface area contributed by atoms with E-state index in [0.717, 1.165) is 27.6 Å². The van der Waals surface area contributed by atoms with E-state index < -0.39 is 23.8 Å². The zero-order valence-electron chi connectivity index (χ0n) is 21.5. The SMILES string of the molecule is CNC(=O)[C@H]1Cc2ccccc2CN1C(=O)[C@@H](Cc1cn(C)c2ccccc12)NC(=O)OC(C)(C)C. The summed E-state index contributed by atoms with van der Waals surface area (Å²) in [6.45, 7) is 5.61. The van der Waals surface area contributed by atoms with Crippen molar-refractivity contribution < 1.29 is 19.1 Å². The Kier molecular flexibility index (Phi) is 7.06. The molecule has 8 nitrogen and oxygen atoms in total. The van der Waals surface area contributed by atoms with E-state index in [-0.39, 0.29) is 24.8 Å². The zero-order valence-corrected chi connectivity index (χ0v) is 21.5. The van der Waals surface area contributed by atoms with E-state index in [4.69, 9.17) is 4.74 Å². The number of nitrogens with zero attached hydrogens (tertiary/aromatic N) is 2. The third-order valence-electron chi connectivity index (χ3n) is 6.47. The van der Waals surface area contributed by atoms with E-state index in [0.29, 0.717) is 6.42 Å². The second kappa shape index (κ2) is 10.0. The monoisotopic (exact) mass is 490 g/mol. The van der Waals surface area contributed by atoms with E-state index in [1.165, 1.54) is 0 Å². The van der Waals surface area contributed by atoms with Crippen LogP contribution in [-0.4, -0.2) is 52.1 Å². The summed E-state index contributed by atoms with van der Waals surface area (Å²) in [5, 5.41) is 6.50. The molecule has 0 saturated heterocycles. The Morgan fingerprint density at radius 1 is 1.06 bits per heavy atom. The number of carbonyl (C=O) groups is 3. The maximum Gasteiger partial charge on any atom is 0.408 e. The van der Waals surface area contributed by atoms with Crippen LogP contribution < -0.4 is 10.6 Å². The fourth-order valence-corrected chi connectivity index (χ4v) is 4.81. The van der Waals surface area contributed by atoms with Gasteiger partial charge in [0.1, 0.15) is 17.7 Å². The maximum atomic E-state index is 14.1. The molecule has 0 radical (unpaired) electrons. The summed E-state index contributed by atoms with van der Waals surface area (Å²) in [4.78, 5) is 41.3. The molecule has 0 saturated carbocycles. The number of fused-ring (bicyclic) bond motifs is 2. The van der Waals surface area contributed by atoms with Gasteiger partial charge in [-0.1, -0.05) is 42.5 Å². The van der Waals surface area contributed by atoms with Gasteiger partial charge < -0.3 is 24.8 Å². The summed E-state index contributed by atoms with van der Waals surface area (Å²) in [5.74, 6) is -0.559. The van der Waals surface area contributed by atoms with Gasteiger partial charge in [0, 0.05) is 50.6 Å². The molecule has 1 aliphatic heterocycles. The van der Waals surface area contributed by atoms with Crippen molar-refractivity contribution in [3.63, 3.8) is 0 Å². The Labute approximate surface area is 211 Å². The quantitative estimate of drug-likeness (QED) is 0.574. The summed E-state index contributed by atoms with van der Waals surface area (Å²) < 4.78 is 7.49. The molecule has 0 aliphatic carbocycles. The van der Waals surface area contributed by atoms with Gasteiger partial charge in [-0.05, 0) is 43.5 Å². The van der Waals surface area contributed by atoms with Crippen molar-refractivity contribution in [2.45, 2.75) is 57.8 Å². The molecule has 3 amide bonds. The first kappa shape index (κ1) is 25.3. The van der Waals surface area contributed by atoms with Gasteiger partial charge in [-0.25, -0.2) is 4.79 Å². The highest BCUT2D eigenvalue weighted by Gasteiger charge is 2.38. The number of aromatic nitrogens is 1. The molecule has 190 valence electrons. The Balaban J connectivity index is 1.69. The van der Waals surface area contributed by atoms with Crippen LogP contribution in [-0.2, 0) is 40.8 Å². The zero-order chi connectivity index (χ0) is 26.0. The number of hydrogen-bond donors (Lipinski definition) is 2. The van der Waals surface area contributed by atoms with Crippen molar-refractivity contribution in [3.8, 4) is 0 Å². The number of carbonyl (C=O) groups excluding carboxylic acids is 3. The lowest BCUT2D eigenvalue weighted by atomic mass is 9.92. The highest BCUT2D eigenvalue weighted by molar-refractivity contribution is 5.93. The van der Waals surface area contributed by atoms with Crippen LogP contribution in [0.1, 0.15) is 37.5 Å². The molecular formula is C28H34N4O4. The van der Waals surface area contributed by atoms with Gasteiger partial charge in [-0.3, -0.25) is 9.59 Å². The van der Waals surface area contributed by atoms with Crippen molar-refractivity contribution in [3.05, 3.63) is 71.4 Å². The molecule has 36 heavy (non-hydrogen) atoms. The maximum absolute atomic E-state index is 14.1. The molecule has 3 aromatic rings. The summed E-state index contributed by atoms with van der Waals surface area (Å²) in [6.07, 6.45) is 1.98. The lowest BCUT2D eigenvalue weighted by Crippen LogP contribution is -2.58. The average Bonchev–Trinajstić information content (AvgIpc) is 3.16. The van der Waals surface area contributed by atoms with Crippen LogP contribution in [0.2, 0.25) is 0 Å². The first-order valence-corrected chi connectivity index (χ1v) is 12.2. The molecule has 2 aromatic carbocycles. The lowest BCUT2D eigenvalue weighted by Gasteiger charge is -2.38. The number of benzene rings is 2. The van der Waals surface area contributed by atoms with Crippen molar-refractivity contribution in [1.29, 1.82) is 0 Å². The van der Waals surface area contributed by atoms with Crippen LogP contribution in [0.3, 0.4) is 0 Å². The van der Waals surface area contributed by atoms with Gasteiger partial charge in [-0.15, -0.1) is 0 Å². The molecule has 0 fully saturated rings. The van der Waals surface area contributed by atoms with Crippen LogP contribution in [0.15, 0.2) is 54.7 Å². The number of ether oxygens (including phenoxy) is 1. The van der Waals surface area contributed by atoms with Gasteiger partial charge in [0.05, 0.1) is 0 Å². The minimum atomic E-state index is -0.914. The molecule has 2 N–H and O–H groups in total. The Bertz CT molecular complexity index is 1290. The molecule has 4 rings (SSSR count). The van der Waals surface area contributed by atoms with E-state index in [9.17, 15) is 14.4 Å². The van der Waals surface area contributed by atoms with Crippen molar-refractivity contribution >= 4 is 28.8 Å². The van der Waals surface area contributed by atoms with Crippen molar-refractivity contribution in [2.24, 2.45) is 7.05 Å². The van der Waals surface area contributed by atoms with Gasteiger partial charge in [-0.2, -0.15) is 0 Å². The number of rotatable bonds is 5. The van der Waals surface area contributed by atoms with Crippen LogP contribution in [0.5, 0.6) is 0 Å². The first-order chi connectivity index (χ1) is 17.1. The molecule has 2 atom stereocenters. The number of aryl methyl sites for hydroxylation is 1. The normalized spacial score (nSPS) is 16.2. The highest BCUT2D eigenvalue weighted by atomic mass is 16.6. The fraction of sp³-hybridized carbons (Fsp3) is 0.393. The average molecular weight is 491 g/mol. The third kappa shape index (κ3) is 5.37. The van der Waals surface area contributed by atoms with E-state index in [2.05, 4.69) is 10.6 Å². The largest absolute Gasteiger partial charge is 0.444 e. The molecule has 0 bridgehead atoms. The van der Waals surface area contributed by atoms with Gasteiger partial charge >= 0.3 is 6.09 Å². The Hall–Kier alpha value is -3.81. The molecule has 0 unspecified atom stereocenters. The number of nitrogens with one attached hydrogen (secondary N) is 2. The number of amides is 3. The fourth-order valence-electron chi connectivity index (χ4n) is 4.81. The summed E-state index contributed by atoms with van der Waals surface area (Å²) in [5.41, 5.74) is 3.28. The molecule has 0 spiro atoms. The van der Waals surface area contributed by atoms with Gasteiger partial charge in [0.25, 0.3) is 0 Å². The molecular weight excluding hydrogens is 456 g/mol. The van der Waals surface area contributed by atoms with Crippen molar-refractivity contribution in [2.75, 3.05) is 7.05 Å². The van der Waals surface area contributed by atoms with Crippen LogP contribution in [0, 0.1) is 0 Å². The Morgan fingerprint density at radius 2 is 1.72 bits per heavy atom. The van der Waals surface area contributed by atoms with Crippen LogP contribution >= 0.6 is 0 Å². The lowest BCUT2D eigenvalue weighted by molar-refractivity contribution is -0.143. The first-order valence-electron chi connectivity index (χ1n) is 12.2. The molecule has 1 aliphatic rings. The van der Waals surface area contributed by atoms with Crippen molar-refractivity contribution in [1.82, 2.24) is 20.1 Å². The van der Waals surface area contributed by atoms with Gasteiger partial charge in [0.2, 0.25) is 11.8 Å². The summed E-state index contributed by atoms with van der Waals surface area (Å²) in [6, 6.07) is 14.2.